The van der Waals surface area contributed by atoms with Gasteiger partial charge in [-0.05, 0) is 44.4 Å². The van der Waals surface area contributed by atoms with E-state index in [2.05, 4.69) is 15.5 Å². The molecule has 0 radical (unpaired) electrons. The van der Waals surface area contributed by atoms with Crippen LogP contribution in [0.5, 0.6) is 5.75 Å². The average Bonchev–Trinajstić information content (AvgIpc) is 2.89. The fourth-order valence-corrected chi connectivity index (χ4v) is 2.73. The normalized spacial score (nSPS) is 11.2. The Morgan fingerprint density at radius 2 is 2.00 bits per heavy atom. The van der Waals surface area contributed by atoms with Crippen molar-refractivity contribution in [2.75, 3.05) is 11.6 Å². The van der Waals surface area contributed by atoms with Crippen molar-refractivity contribution in [3.8, 4) is 5.75 Å². The standard InChI is InChI=1S/C13H14ClN3O2S2/c1-13(2,19-9-6-4-8(14)5-7-9)10(18)15-11-16-17-12(20-3)21-11/h4-7H,1-3H3,(H,15,16,18). The van der Waals surface area contributed by atoms with E-state index in [9.17, 15) is 4.79 Å². The Balaban J connectivity index is 2.03. The van der Waals surface area contributed by atoms with E-state index in [1.165, 1.54) is 23.1 Å². The zero-order valence-electron chi connectivity index (χ0n) is 11.7. The molecule has 5 nitrogen and oxygen atoms in total. The van der Waals surface area contributed by atoms with E-state index in [1.807, 2.05) is 6.26 Å². The molecule has 1 N–H and O–H groups in total. The lowest BCUT2D eigenvalue weighted by Gasteiger charge is -2.24. The molecular weight excluding hydrogens is 330 g/mol. The summed E-state index contributed by atoms with van der Waals surface area (Å²) >= 11 is 8.62. The van der Waals surface area contributed by atoms with Crippen LogP contribution in [0.2, 0.25) is 5.02 Å². The summed E-state index contributed by atoms with van der Waals surface area (Å²) < 4.78 is 6.50. The van der Waals surface area contributed by atoms with Crippen molar-refractivity contribution in [2.45, 2.75) is 23.8 Å². The summed E-state index contributed by atoms with van der Waals surface area (Å²) in [5, 5.41) is 11.6. The summed E-state index contributed by atoms with van der Waals surface area (Å²) in [5.41, 5.74) is -1.04. The highest BCUT2D eigenvalue weighted by Crippen LogP contribution is 2.25. The number of thioether (sulfide) groups is 1. The van der Waals surface area contributed by atoms with Crippen molar-refractivity contribution in [1.82, 2.24) is 10.2 Å². The van der Waals surface area contributed by atoms with Crippen LogP contribution in [0.25, 0.3) is 0 Å². The maximum absolute atomic E-state index is 12.3. The first-order valence-corrected chi connectivity index (χ1v) is 8.46. The molecule has 0 fully saturated rings. The molecule has 0 aliphatic rings. The maximum Gasteiger partial charge on any atom is 0.269 e. The molecule has 0 aliphatic carbocycles. The van der Waals surface area contributed by atoms with Gasteiger partial charge in [0.2, 0.25) is 5.13 Å². The molecule has 0 atom stereocenters. The molecule has 1 heterocycles. The number of hydrogen-bond acceptors (Lipinski definition) is 6. The first-order valence-electron chi connectivity index (χ1n) is 6.04. The van der Waals surface area contributed by atoms with Crippen molar-refractivity contribution in [3.63, 3.8) is 0 Å². The van der Waals surface area contributed by atoms with E-state index in [0.717, 1.165) is 4.34 Å². The van der Waals surface area contributed by atoms with Gasteiger partial charge < -0.3 is 4.74 Å². The Morgan fingerprint density at radius 1 is 1.33 bits per heavy atom. The number of anilines is 1. The second-order valence-electron chi connectivity index (χ2n) is 4.60. The van der Waals surface area contributed by atoms with Gasteiger partial charge in [-0.25, -0.2) is 0 Å². The molecule has 1 amide bonds. The predicted molar refractivity (Wildman–Crippen MR) is 86.5 cm³/mol. The maximum atomic E-state index is 12.3. The van der Waals surface area contributed by atoms with Crippen LogP contribution < -0.4 is 10.1 Å². The monoisotopic (exact) mass is 343 g/mol. The van der Waals surface area contributed by atoms with Crippen molar-refractivity contribution in [2.24, 2.45) is 0 Å². The average molecular weight is 344 g/mol. The van der Waals surface area contributed by atoms with E-state index in [1.54, 1.807) is 38.1 Å². The van der Waals surface area contributed by atoms with Crippen LogP contribution in [0.3, 0.4) is 0 Å². The number of aromatic nitrogens is 2. The highest BCUT2D eigenvalue weighted by molar-refractivity contribution is 8.00. The van der Waals surface area contributed by atoms with Crippen molar-refractivity contribution < 1.29 is 9.53 Å². The van der Waals surface area contributed by atoms with Crippen LogP contribution in [0.15, 0.2) is 28.6 Å². The molecular formula is C13H14ClN3O2S2. The number of ether oxygens (including phenoxy) is 1. The molecule has 21 heavy (non-hydrogen) atoms. The van der Waals surface area contributed by atoms with Crippen LogP contribution in [0.1, 0.15) is 13.8 Å². The van der Waals surface area contributed by atoms with E-state index in [-0.39, 0.29) is 5.91 Å². The van der Waals surface area contributed by atoms with Crippen molar-refractivity contribution in [3.05, 3.63) is 29.3 Å². The third kappa shape index (κ3) is 4.33. The number of amides is 1. The number of benzene rings is 1. The Bertz CT molecular complexity index is 629. The smallest absolute Gasteiger partial charge is 0.269 e. The summed E-state index contributed by atoms with van der Waals surface area (Å²) in [4.78, 5) is 12.3. The zero-order valence-corrected chi connectivity index (χ0v) is 14.1. The number of hydrogen-bond donors (Lipinski definition) is 1. The molecule has 8 heteroatoms. The molecule has 2 rings (SSSR count). The number of carbonyl (C=O) groups excluding carboxylic acids is 1. The molecule has 0 spiro atoms. The second-order valence-corrected chi connectivity index (χ2v) is 7.06. The lowest BCUT2D eigenvalue weighted by molar-refractivity contribution is -0.128. The minimum atomic E-state index is -1.04. The number of rotatable bonds is 5. The van der Waals surface area contributed by atoms with Crippen molar-refractivity contribution in [1.29, 1.82) is 0 Å². The first kappa shape index (κ1) is 16.1. The predicted octanol–water partition coefficient (Wildman–Crippen LogP) is 3.71. The highest BCUT2D eigenvalue weighted by Gasteiger charge is 2.30. The number of halogens is 1. The minimum Gasteiger partial charge on any atom is -0.478 e. The first-order chi connectivity index (χ1) is 9.90. The number of nitrogens with zero attached hydrogens (tertiary/aromatic N) is 2. The van der Waals surface area contributed by atoms with E-state index >= 15 is 0 Å². The number of nitrogens with one attached hydrogen (secondary N) is 1. The molecule has 0 saturated heterocycles. The highest BCUT2D eigenvalue weighted by atomic mass is 35.5. The van der Waals surface area contributed by atoms with Gasteiger partial charge in [0.25, 0.3) is 5.91 Å². The summed E-state index contributed by atoms with van der Waals surface area (Å²) in [6.07, 6.45) is 1.90. The lowest BCUT2D eigenvalue weighted by atomic mass is 10.1. The lowest BCUT2D eigenvalue weighted by Crippen LogP contribution is -2.42. The Morgan fingerprint density at radius 3 is 2.57 bits per heavy atom. The van der Waals surface area contributed by atoms with Crippen LogP contribution in [-0.2, 0) is 4.79 Å². The van der Waals surface area contributed by atoms with Gasteiger partial charge >= 0.3 is 0 Å². The largest absolute Gasteiger partial charge is 0.478 e. The van der Waals surface area contributed by atoms with Crippen LogP contribution >= 0.6 is 34.7 Å². The Kier molecular flexibility index (Phi) is 5.08. The van der Waals surface area contributed by atoms with E-state index in [4.69, 9.17) is 16.3 Å². The van der Waals surface area contributed by atoms with Gasteiger partial charge in [-0.1, -0.05) is 34.7 Å². The van der Waals surface area contributed by atoms with Crippen LogP contribution in [0, 0.1) is 0 Å². The Labute approximate surface area is 136 Å². The van der Waals surface area contributed by atoms with Gasteiger partial charge in [0.05, 0.1) is 0 Å². The van der Waals surface area contributed by atoms with Crippen molar-refractivity contribution >= 4 is 45.7 Å². The fraction of sp³-hybridized carbons (Fsp3) is 0.308. The molecule has 0 unspecified atom stereocenters. The molecule has 1 aromatic carbocycles. The molecule has 2 aromatic rings. The third-order valence-corrected chi connectivity index (χ3v) is 4.60. The van der Waals surface area contributed by atoms with E-state index < -0.39 is 5.60 Å². The molecule has 0 bridgehead atoms. The number of carbonyl (C=O) groups is 1. The van der Waals surface area contributed by atoms with Crippen LogP contribution in [-0.4, -0.2) is 28.0 Å². The quantitative estimate of drug-likeness (QED) is 0.662. The van der Waals surface area contributed by atoms with Gasteiger partial charge in [0.15, 0.2) is 9.94 Å². The molecule has 0 saturated carbocycles. The minimum absolute atomic E-state index is 0.291. The topological polar surface area (TPSA) is 64.1 Å². The summed E-state index contributed by atoms with van der Waals surface area (Å²) in [6, 6.07) is 6.85. The Hall–Kier alpha value is -1.31. The van der Waals surface area contributed by atoms with Crippen LogP contribution in [0.4, 0.5) is 5.13 Å². The van der Waals surface area contributed by atoms with Gasteiger partial charge in [-0.3, -0.25) is 10.1 Å². The summed E-state index contributed by atoms with van der Waals surface area (Å²) in [6.45, 7) is 3.38. The third-order valence-electron chi connectivity index (χ3n) is 2.54. The van der Waals surface area contributed by atoms with Gasteiger partial charge in [0.1, 0.15) is 5.75 Å². The molecule has 0 aliphatic heterocycles. The SMILES string of the molecule is CSc1nnc(NC(=O)C(C)(C)Oc2ccc(Cl)cc2)s1. The zero-order chi connectivity index (χ0) is 15.5. The second kappa shape index (κ2) is 6.64. The fourth-order valence-electron chi connectivity index (χ4n) is 1.43. The molecule has 1 aromatic heterocycles. The van der Waals surface area contributed by atoms with Gasteiger partial charge in [-0.2, -0.15) is 0 Å². The molecule has 112 valence electrons. The summed E-state index contributed by atoms with van der Waals surface area (Å²) in [5.74, 6) is 0.280. The summed E-state index contributed by atoms with van der Waals surface area (Å²) in [7, 11) is 0. The van der Waals surface area contributed by atoms with E-state index in [0.29, 0.717) is 15.9 Å². The van der Waals surface area contributed by atoms with Gasteiger partial charge in [-0.15, -0.1) is 10.2 Å². The van der Waals surface area contributed by atoms with Gasteiger partial charge in [0, 0.05) is 5.02 Å².